The van der Waals surface area contributed by atoms with Crippen LogP contribution in [-0.2, 0) is 17.1 Å². The van der Waals surface area contributed by atoms with Crippen molar-refractivity contribution in [2.75, 3.05) is 26.2 Å². The number of halogens is 2. The minimum Gasteiger partial charge on any atom is -0.336 e. The van der Waals surface area contributed by atoms with Gasteiger partial charge in [-0.1, -0.05) is 30.3 Å². The number of sulfonamides is 1. The van der Waals surface area contributed by atoms with E-state index in [0.29, 0.717) is 17.0 Å². The third-order valence-corrected chi connectivity index (χ3v) is 8.36. The van der Waals surface area contributed by atoms with Gasteiger partial charge < -0.3 is 4.90 Å². The number of amides is 1. The molecule has 0 radical (unpaired) electrons. The van der Waals surface area contributed by atoms with Crippen LogP contribution in [0.2, 0.25) is 0 Å². The molecular formula is C23H23F2N7O3S. The summed E-state index contributed by atoms with van der Waals surface area (Å²) in [6.45, 7) is 2.12. The summed E-state index contributed by atoms with van der Waals surface area (Å²) in [6, 6.07) is 10.1. The summed E-state index contributed by atoms with van der Waals surface area (Å²) >= 11 is 0. The smallest absolute Gasteiger partial charge is 0.280 e. The van der Waals surface area contributed by atoms with Crippen molar-refractivity contribution in [3.63, 3.8) is 0 Å². The molecule has 1 saturated heterocycles. The molecule has 1 aromatic carbocycles. The predicted molar refractivity (Wildman–Crippen MR) is 126 cm³/mol. The fourth-order valence-corrected chi connectivity index (χ4v) is 5.83. The van der Waals surface area contributed by atoms with Crippen LogP contribution < -0.4 is 0 Å². The molecule has 0 saturated carbocycles. The minimum absolute atomic E-state index is 0.0256. The second kappa shape index (κ2) is 9.06. The number of carbonyl (C=O) groups is 1. The molecule has 0 atom stereocenters. The number of rotatable bonds is 5. The van der Waals surface area contributed by atoms with Gasteiger partial charge in [-0.25, -0.2) is 26.7 Å². The molecule has 1 amide bonds. The molecule has 0 aliphatic carbocycles. The molecule has 13 heteroatoms. The second-order valence-corrected chi connectivity index (χ2v) is 10.3. The van der Waals surface area contributed by atoms with E-state index < -0.39 is 22.4 Å². The van der Waals surface area contributed by atoms with Gasteiger partial charge >= 0.3 is 0 Å². The number of carbonyl (C=O) groups excluding carboxylic acids is 1. The Bertz CT molecular complexity index is 1540. The Hall–Kier alpha value is -3.71. The van der Waals surface area contributed by atoms with Crippen LogP contribution in [0.15, 0.2) is 53.7 Å². The van der Waals surface area contributed by atoms with Crippen LogP contribution in [0.5, 0.6) is 0 Å². The first-order valence-corrected chi connectivity index (χ1v) is 12.6. The van der Waals surface area contributed by atoms with Gasteiger partial charge in [0.25, 0.3) is 12.3 Å². The van der Waals surface area contributed by atoms with Gasteiger partial charge in [0.1, 0.15) is 16.2 Å². The van der Waals surface area contributed by atoms with Crippen molar-refractivity contribution in [2.45, 2.75) is 18.2 Å². The van der Waals surface area contributed by atoms with E-state index >= 15 is 0 Å². The number of hydrogen-bond acceptors (Lipinski definition) is 6. The Kier molecular flexibility index (Phi) is 6.04. The standard InChI is InChI=1S/C23H23F2N7O3S/c1-15-20(14-26-29(15)2)36(34,35)31-10-8-30(9-11-31)23(33)17-13-27-32-19(21(24)25)12-18(28-22(17)32)16-6-4-3-5-7-16/h3-7,12-14,21H,8-11H2,1-2H3. The Morgan fingerprint density at radius 2 is 1.72 bits per heavy atom. The van der Waals surface area contributed by atoms with Crippen LogP contribution in [0.3, 0.4) is 0 Å². The van der Waals surface area contributed by atoms with Gasteiger partial charge in [0.2, 0.25) is 10.0 Å². The first-order valence-electron chi connectivity index (χ1n) is 11.2. The highest BCUT2D eigenvalue weighted by molar-refractivity contribution is 7.89. The van der Waals surface area contributed by atoms with E-state index in [9.17, 15) is 22.0 Å². The maximum Gasteiger partial charge on any atom is 0.280 e. The zero-order chi connectivity index (χ0) is 25.6. The number of aromatic nitrogens is 5. The van der Waals surface area contributed by atoms with Gasteiger partial charge in [-0.3, -0.25) is 9.48 Å². The van der Waals surface area contributed by atoms with E-state index in [-0.39, 0.29) is 48.0 Å². The fraction of sp³-hybridized carbons (Fsp3) is 0.304. The molecule has 4 aromatic rings. The number of aryl methyl sites for hydroxylation is 1. The first kappa shape index (κ1) is 24.0. The minimum atomic E-state index is -3.76. The topological polar surface area (TPSA) is 106 Å². The molecule has 0 unspecified atom stereocenters. The zero-order valence-electron chi connectivity index (χ0n) is 19.5. The van der Waals surface area contributed by atoms with Gasteiger partial charge in [0, 0.05) is 38.8 Å². The van der Waals surface area contributed by atoms with Gasteiger partial charge in [-0.05, 0) is 13.0 Å². The maximum absolute atomic E-state index is 13.8. The van der Waals surface area contributed by atoms with Crippen LogP contribution >= 0.6 is 0 Å². The lowest BCUT2D eigenvalue weighted by atomic mass is 10.1. The number of alkyl halides is 2. The highest BCUT2D eigenvalue weighted by Crippen LogP contribution is 2.27. The third-order valence-electron chi connectivity index (χ3n) is 6.36. The predicted octanol–water partition coefficient (Wildman–Crippen LogP) is 2.52. The van der Waals surface area contributed by atoms with Crippen LogP contribution in [0, 0.1) is 6.92 Å². The Morgan fingerprint density at radius 3 is 2.33 bits per heavy atom. The van der Waals surface area contributed by atoms with E-state index in [0.717, 1.165) is 4.52 Å². The van der Waals surface area contributed by atoms with Crippen molar-refractivity contribution < 1.29 is 22.0 Å². The number of hydrogen-bond donors (Lipinski definition) is 0. The highest BCUT2D eigenvalue weighted by Gasteiger charge is 2.33. The summed E-state index contributed by atoms with van der Waals surface area (Å²) in [6.07, 6.45) is -0.281. The summed E-state index contributed by atoms with van der Waals surface area (Å²) in [7, 11) is -2.10. The van der Waals surface area contributed by atoms with Crippen LogP contribution in [-0.4, -0.2) is 74.1 Å². The molecule has 3 aromatic heterocycles. The van der Waals surface area contributed by atoms with E-state index in [4.69, 9.17) is 0 Å². The molecule has 0 spiro atoms. The van der Waals surface area contributed by atoms with Crippen molar-refractivity contribution in [3.8, 4) is 11.3 Å². The second-order valence-electron chi connectivity index (χ2n) is 8.44. The molecule has 10 nitrogen and oxygen atoms in total. The molecule has 0 N–H and O–H groups in total. The van der Waals surface area contributed by atoms with Crippen molar-refractivity contribution in [1.82, 2.24) is 33.6 Å². The zero-order valence-corrected chi connectivity index (χ0v) is 20.4. The fourth-order valence-electron chi connectivity index (χ4n) is 4.22. The molecule has 5 rings (SSSR count). The molecule has 1 aliphatic heterocycles. The summed E-state index contributed by atoms with van der Waals surface area (Å²) in [5, 5.41) is 8.02. The summed E-state index contributed by atoms with van der Waals surface area (Å²) in [4.78, 5) is 19.4. The quantitative estimate of drug-likeness (QED) is 0.405. The molecular weight excluding hydrogens is 492 g/mol. The Balaban J connectivity index is 1.42. The summed E-state index contributed by atoms with van der Waals surface area (Å²) < 4.78 is 57.5. The van der Waals surface area contributed by atoms with Crippen LogP contribution in [0.4, 0.5) is 8.78 Å². The van der Waals surface area contributed by atoms with Gasteiger partial charge in [-0.2, -0.15) is 14.5 Å². The van der Waals surface area contributed by atoms with Crippen molar-refractivity contribution in [1.29, 1.82) is 0 Å². The lowest BCUT2D eigenvalue weighted by Crippen LogP contribution is -2.50. The van der Waals surface area contributed by atoms with E-state index in [2.05, 4.69) is 15.2 Å². The summed E-state index contributed by atoms with van der Waals surface area (Å²) in [5.41, 5.74) is 1.18. The monoisotopic (exact) mass is 515 g/mol. The van der Waals surface area contributed by atoms with Crippen LogP contribution in [0.1, 0.15) is 28.2 Å². The average molecular weight is 516 g/mol. The Morgan fingerprint density at radius 1 is 1.03 bits per heavy atom. The van der Waals surface area contributed by atoms with Gasteiger partial charge in [0.15, 0.2) is 5.65 Å². The largest absolute Gasteiger partial charge is 0.336 e. The van der Waals surface area contributed by atoms with Gasteiger partial charge in [0.05, 0.1) is 23.8 Å². The normalized spacial score (nSPS) is 15.2. The van der Waals surface area contributed by atoms with Crippen molar-refractivity contribution >= 4 is 21.6 Å². The first-order chi connectivity index (χ1) is 17.2. The highest BCUT2D eigenvalue weighted by atomic mass is 32.2. The molecule has 1 aliphatic rings. The van der Waals surface area contributed by atoms with E-state index in [1.54, 1.807) is 44.3 Å². The molecule has 0 bridgehead atoms. The van der Waals surface area contributed by atoms with Crippen molar-refractivity contribution in [2.24, 2.45) is 7.05 Å². The van der Waals surface area contributed by atoms with Gasteiger partial charge in [-0.15, -0.1) is 0 Å². The number of benzene rings is 1. The third kappa shape index (κ3) is 4.03. The van der Waals surface area contributed by atoms with Crippen LogP contribution in [0.25, 0.3) is 16.9 Å². The molecule has 188 valence electrons. The molecule has 36 heavy (non-hydrogen) atoms. The Labute approximate surface area is 205 Å². The molecule has 1 fully saturated rings. The number of nitrogens with zero attached hydrogens (tertiary/aromatic N) is 7. The lowest BCUT2D eigenvalue weighted by molar-refractivity contribution is 0.0699. The van der Waals surface area contributed by atoms with E-state index in [1.807, 2.05) is 0 Å². The van der Waals surface area contributed by atoms with Crippen molar-refractivity contribution in [3.05, 3.63) is 65.7 Å². The number of piperazine rings is 1. The maximum atomic E-state index is 13.8. The summed E-state index contributed by atoms with van der Waals surface area (Å²) in [5.74, 6) is -0.447. The molecule has 4 heterocycles. The van der Waals surface area contributed by atoms with E-state index in [1.165, 1.54) is 32.3 Å². The SMILES string of the molecule is Cc1c(S(=O)(=O)N2CCN(C(=O)c3cnn4c(C(F)F)cc(-c5ccccc5)nc34)CC2)cnn1C. The number of fused-ring (bicyclic) bond motifs is 1. The lowest BCUT2D eigenvalue weighted by Gasteiger charge is -2.33. The average Bonchev–Trinajstić information content (AvgIpc) is 3.46.